The minimum atomic E-state index is -0.0363. The molecule has 0 bridgehead atoms. The fourth-order valence-electron chi connectivity index (χ4n) is 0.229. The zero-order valence-electron chi connectivity index (χ0n) is 5.53. The van der Waals surface area contributed by atoms with Crippen molar-refractivity contribution in [2.24, 2.45) is 5.11 Å². The highest BCUT2D eigenvalue weighted by atomic mass is 32.2. The van der Waals surface area contributed by atoms with E-state index in [4.69, 9.17) is 6.81 Å². The Morgan fingerprint density at radius 3 is 3.38 bits per heavy atom. The summed E-state index contributed by atoms with van der Waals surface area (Å²) in [5.41, 5.74) is 7.98. The lowest BCUT2D eigenvalue weighted by molar-refractivity contribution is 1.04. The Morgan fingerprint density at radius 1 is 2.25 bits per heavy atom. The average molecular weight is 151 g/mol. The molecule has 0 heterocycles. The van der Waals surface area contributed by atoms with Crippen molar-refractivity contribution >= 4 is 20.9 Å². The lowest BCUT2D eigenvalue weighted by atomic mass is 10.8. The molecule has 0 N–H and O–H groups in total. The van der Waals surface area contributed by atoms with Crippen molar-refractivity contribution in [2.75, 3.05) is 12.4 Å². The summed E-state index contributed by atoms with van der Waals surface area (Å²) < 4.78 is 6.85. The van der Waals surface area contributed by atoms with Gasteiger partial charge in [-0.25, -0.2) is 0 Å². The fraction of sp³-hybridized carbons (Fsp3) is 1.00. The van der Waals surface area contributed by atoms with Crippen LogP contribution >= 0.6 is 20.9 Å². The number of rotatable bonds is 4. The normalized spacial score (nSPS) is 15.4. The van der Waals surface area contributed by atoms with E-state index in [1.807, 2.05) is 6.26 Å². The third-order valence-corrected chi connectivity index (χ3v) is 2.11. The third kappa shape index (κ3) is 3.14. The zero-order valence-corrected chi connectivity index (χ0v) is 6.35. The summed E-state index contributed by atoms with van der Waals surface area (Å²) in [5, 5.41) is 3.43. The minimum absolute atomic E-state index is 0.0363. The molecule has 5 heteroatoms. The van der Waals surface area contributed by atoms with Crippen molar-refractivity contribution in [2.45, 2.75) is 5.37 Å². The monoisotopic (exact) mass is 151 g/mol. The van der Waals surface area contributed by atoms with Crippen molar-refractivity contribution in [3.05, 3.63) is 10.4 Å². The maximum absolute atomic E-state index is 7.98. The van der Waals surface area contributed by atoms with E-state index in [-0.39, 0.29) is 14.6 Å². The molecule has 2 unspecified atom stereocenters. The second kappa shape index (κ2) is 5.23. The average Bonchev–Trinajstić information content (AvgIpc) is 1.88. The van der Waals surface area contributed by atoms with Gasteiger partial charge in [-0.2, -0.15) is 11.8 Å². The number of nitrogens with zero attached hydrogens (tertiary/aromatic N) is 3. The molecule has 3 nitrogen and oxygen atoms in total. The molecule has 0 aliphatic rings. The van der Waals surface area contributed by atoms with E-state index in [2.05, 4.69) is 10.0 Å². The fourth-order valence-corrected chi connectivity index (χ4v) is 1.11. The lowest BCUT2D eigenvalue weighted by Gasteiger charge is -1.99. The van der Waals surface area contributed by atoms with E-state index in [0.717, 1.165) is 0 Å². The first-order valence-corrected chi connectivity index (χ1v) is 4.06. The van der Waals surface area contributed by atoms with Gasteiger partial charge in [0.25, 0.3) is 0 Å². The minimum Gasteiger partial charge on any atom is -0.156 e. The molecule has 2 atom stereocenters. The molecule has 0 fully saturated rings. The van der Waals surface area contributed by atoms with Crippen LogP contribution in [0.15, 0.2) is 5.11 Å². The van der Waals surface area contributed by atoms with E-state index >= 15 is 0 Å². The number of hydrogen-bond donors (Lipinski definition) is 0. The van der Waals surface area contributed by atoms with Crippen LogP contribution in [-0.2, 0) is 0 Å². The van der Waals surface area contributed by atoms with Crippen molar-refractivity contribution in [3.8, 4) is 0 Å². The van der Waals surface area contributed by atoms with Crippen LogP contribution in [0, 0.1) is 0 Å². The Morgan fingerprint density at radius 2 is 3.00 bits per heavy atom. The van der Waals surface area contributed by atoms with Gasteiger partial charge in [0, 0.05) is 4.91 Å². The van der Waals surface area contributed by atoms with Crippen molar-refractivity contribution in [1.29, 1.82) is 1.28 Å². The molecule has 8 heavy (non-hydrogen) atoms. The predicted octanol–water partition coefficient (Wildman–Crippen LogP) is 1.86. The molecular formula is C3H8N3PS. The molecule has 0 saturated heterocycles. The molecule has 0 amide bonds. The lowest BCUT2D eigenvalue weighted by Crippen LogP contribution is -1.95. The first-order valence-electron chi connectivity index (χ1n) is 2.56. The second-order valence-electron chi connectivity index (χ2n) is 1.10. The molecule has 0 aromatic rings. The van der Waals surface area contributed by atoms with E-state index in [1.165, 1.54) is 11.8 Å². The van der Waals surface area contributed by atoms with Gasteiger partial charge in [-0.3, -0.25) is 0 Å². The highest BCUT2D eigenvalue weighted by Crippen LogP contribution is 2.10. The van der Waals surface area contributed by atoms with E-state index in [1.54, 1.807) is 0 Å². The van der Waals surface area contributed by atoms with Gasteiger partial charge in [0.2, 0.25) is 0 Å². The summed E-state index contributed by atoms with van der Waals surface area (Å²) >= 11 is 1.49. The van der Waals surface area contributed by atoms with E-state index in [9.17, 15) is 0 Å². The smallest absolute Gasteiger partial charge is 0.0865 e. The van der Waals surface area contributed by atoms with Gasteiger partial charge in [0.15, 0.2) is 0 Å². The summed E-state index contributed by atoms with van der Waals surface area (Å²) in [5.74, 6) is 0. The Balaban J connectivity index is 3.53. The maximum atomic E-state index is 7.98. The molecule has 0 rings (SSSR count). The standard InChI is InChI=1S/C3H8N3PS/c1-8-3(2-7)5-6-4/h3H,2,7H2,1H3/i7T. The number of thioether (sulfide) groups is 1. The van der Waals surface area contributed by atoms with Gasteiger partial charge in [-0.1, -0.05) is 5.11 Å². The topological polar surface area (TPSA) is 48.8 Å². The van der Waals surface area contributed by atoms with Crippen LogP contribution in [0.1, 0.15) is 0 Å². The molecule has 0 aliphatic heterocycles. The summed E-state index contributed by atoms with van der Waals surface area (Å²) in [4.78, 5) is 2.65. The zero-order chi connectivity index (χ0) is 7.11. The molecule has 0 saturated carbocycles. The Kier molecular flexibility index (Phi) is 4.06. The van der Waals surface area contributed by atoms with Crippen LogP contribution in [0.3, 0.4) is 0 Å². The van der Waals surface area contributed by atoms with Gasteiger partial charge in [-0.15, -0.1) is 9.18 Å². The molecule has 0 aromatic heterocycles. The molecular weight excluding hydrogens is 141 g/mol. The van der Waals surface area contributed by atoms with Gasteiger partial charge >= 0.3 is 0 Å². The highest BCUT2D eigenvalue weighted by Gasteiger charge is 1.96. The summed E-state index contributed by atoms with van der Waals surface area (Å²) in [6, 6.07) is 0. The Hall–Kier alpha value is 0.0900. The van der Waals surface area contributed by atoms with Crippen LogP contribution in [0.4, 0.5) is 0 Å². The Labute approximate surface area is 56.3 Å². The van der Waals surface area contributed by atoms with Crippen LogP contribution in [0.25, 0.3) is 10.4 Å². The van der Waals surface area contributed by atoms with Crippen LogP contribution in [-0.4, -0.2) is 19.1 Å². The quantitative estimate of drug-likeness (QED) is 0.262. The summed E-state index contributed by atoms with van der Waals surface area (Å²) in [6.07, 6.45) is 2.55. The molecule has 0 radical (unpaired) electrons. The first-order chi connectivity index (χ1) is 4.35. The van der Waals surface area contributed by atoms with Crippen molar-refractivity contribution in [3.63, 3.8) is 0 Å². The van der Waals surface area contributed by atoms with Crippen molar-refractivity contribution < 1.29 is 0 Å². The maximum Gasteiger partial charge on any atom is 0.0865 e. The highest BCUT2D eigenvalue weighted by molar-refractivity contribution is 7.99. The number of azide groups is 1. The molecule has 46 valence electrons. The summed E-state index contributed by atoms with van der Waals surface area (Å²) in [6.45, 7) is 0. The van der Waals surface area contributed by atoms with Crippen LogP contribution in [0.5, 0.6) is 0 Å². The van der Waals surface area contributed by atoms with Gasteiger partial charge in [0.05, 0.1) is 6.65 Å². The largest absolute Gasteiger partial charge is 0.156 e. The molecule has 0 spiro atoms. The van der Waals surface area contributed by atoms with Crippen LogP contribution in [0.2, 0.25) is 0 Å². The van der Waals surface area contributed by atoms with Crippen molar-refractivity contribution in [1.82, 2.24) is 0 Å². The van der Waals surface area contributed by atoms with Gasteiger partial charge in [-0.05, 0) is 17.9 Å². The predicted molar refractivity (Wildman–Crippen MR) is 41.0 cm³/mol. The van der Waals surface area contributed by atoms with E-state index < -0.39 is 0 Å². The summed E-state index contributed by atoms with van der Waals surface area (Å²) in [7, 11) is 0.119. The second-order valence-corrected chi connectivity index (χ2v) is 2.52. The number of hydrogen-bond acceptors (Lipinski definition) is 2. The molecule has 0 aliphatic carbocycles. The van der Waals surface area contributed by atoms with Gasteiger partial charge < -0.3 is 0 Å². The third-order valence-electron chi connectivity index (χ3n) is 0.627. The first kappa shape index (κ1) is 6.21. The van der Waals surface area contributed by atoms with E-state index in [0.29, 0.717) is 6.16 Å². The SMILES string of the molecule is [3H]PCC(N=[N+]=[N-])SC. The van der Waals surface area contributed by atoms with Crippen LogP contribution < -0.4 is 0 Å². The molecule has 0 aromatic carbocycles. The Bertz CT molecular complexity index is 116. The van der Waals surface area contributed by atoms with Gasteiger partial charge in [0.1, 0.15) is 0 Å².